The Hall–Kier alpha value is -0.770. The van der Waals surface area contributed by atoms with E-state index in [1.54, 1.807) is 0 Å². The molecule has 4 nitrogen and oxygen atoms in total. The van der Waals surface area contributed by atoms with Crippen LogP contribution in [0.3, 0.4) is 0 Å². The highest BCUT2D eigenvalue weighted by molar-refractivity contribution is 6.27. The van der Waals surface area contributed by atoms with E-state index < -0.39 is 5.97 Å². The van der Waals surface area contributed by atoms with Crippen LogP contribution < -0.4 is 10.4 Å². The Balaban J connectivity index is 3.08. The van der Waals surface area contributed by atoms with Gasteiger partial charge in [0.15, 0.2) is 0 Å². The summed E-state index contributed by atoms with van der Waals surface area (Å²) in [6.07, 6.45) is 2.23. The van der Waals surface area contributed by atoms with Crippen molar-refractivity contribution >= 4 is 23.5 Å². The molecule has 13 heavy (non-hydrogen) atoms. The van der Waals surface area contributed by atoms with Gasteiger partial charge in [-0.25, -0.2) is 0 Å². The lowest BCUT2D eigenvalue weighted by atomic mass is 10.2. The number of nitrogens with one attached hydrogen (secondary N) is 1. The largest absolute Gasteiger partial charge is 0.550 e. The molecule has 0 aliphatic rings. The minimum absolute atomic E-state index is 0.0287. The zero-order valence-corrected chi connectivity index (χ0v) is 8.10. The molecule has 0 saturated carbocycles. The fourth-order valence-electron chi connectivity index (χ4n) is 0.846. The highest BCUT2D eigenvalue weighted by Gasteiger charge is 1.96. The summed E-state index contributed by atoms with van der Waals surface area (Å²) >= 11 is 5.24. The van der Waals surface area contributed by atoms with Crippen molar-refractivity contribution in [2.45, 2.75) is 25.7 Å². The van der Waals surface area contributed by atoms with E-state index in [4.69, 9.17) is 11.6 Å². The zero-order chi connectivity index (χ0) is 10.1. The van der Waals surface area contributed by atoms with Gasteiger partial charge in [0.25, 0.3) is 0 Å². The van der Waals surface area contributed by atoms with E-state index in [9.17, 15) is 14.7 Å². The number of hydrogen-bond acceptors (Lipinski definition) is 3. The van der Waals surface area contributed by atoms with Crippen LogP contribution in [0.4, 0.5) is 0 Å². The second-order valence-electron chi connectivity index (χ2n) is 2.67. The van der Waals surface area contributed by atoms with Crippen LogP contribution in [-0.4, -0.2) is 24.3 Å². The van der Waals surface area contributed by atoms with Gasteiger partial charge >= 0.3 is 0 Å². The number of amides is 1. The summed E-state index contributed by atoms with van der Waals surface area (Å²) in [6, 6.07) is 0. The van der Waals surface area contributed by atoms with Crippen LogP contribution in [0.5, 0.6) is 0 Å². The van der Waals surface area contributed by atoms with Crippen molar-refractivity contribution in [1.29, 1.82) is 0 Å². The number of rotatable bonds is 7. The second kappa shape index (κ2) is 7.86. The quantitative estimate of drug-likeness (QED) is 0.457. The van der Waals surface area contributed by atoms with Crippen molar-refractivity contribution in [3.8, 4) is 0 Å². The highest BCUT2D eigenvalue weighted by atomic mass is 35.5. The number of carbonyl (C=O) groups is 2. The number of carbonyl (C=O) groups excluding carboxylic acids is 2. The van der Waals surface area contributed by atoms with Crippen LogP contribution in [0.1, 0.15) is 25.7 Å². The maximum atomic E-state index is 10.6. The number of halogens is 1. The molecule has 0 unspecified atom stereocenters. The van der Waals surface area contributed by atoms with Crippen LogP contribution in [0.15, 0.2) is 0 Å². The summed E-state index contributed by atoms with van der Waals surface area (Å²) in [5.41, 5.74) is 0. The maximum absolute atomic E-state index is 10.6. The van der Waals surface area contributed by atoms with Crippen LogP contribution >= 0.6 is 11.6 Å². The van der Waals surface area contributed by atoms with Gasteiger partial charge in [0, 0.05) is 12.5 Å². The SMILES string of the molecule is O=C([O-])CCCCCNC(=O)CCl. The maximum Gasteiger partial charge on any atom is 0.234 e. The molecule has 76 valence electrons. The van der Waals surface area contributed by atoms with Gasteiger partial charge in [0.1, 0.15) is 5.88 Å². The lowest BCUT2D eigenvalue weighted by Crippen LogP contribution is -2.25. The number of aliphatic carboxylic acids is 1. The molecule has 5 heteroatoms. The molecule has 0 rings (SSSR count). The van der Waals surface area contributed by atoms with Crippen molar-refractivity contribution in [2.24, 2.45) is 0 Å². The topological polar surface area (TPSA) is 69.2 Å². The fraction of sp³-hybridized carbons (Fsp3) is 0.750. The van der Waals surface area contributed by atoms with E-state index in [0.29, 0.717) is 13.0 Å². The van der Waals surface area contributed by atoms with Gasteiger partial charge < -0.3 is 15.2 Å². The molecular weight excluding hydrogens is 194 g/mol. The molecule has 0 aromatic rings. The first kappa shape index (κ1) is 12.2. The summed E-state index contributed by atoms with van der Waals surface area (Å²) in [6.45, 7) is 0.554. The second-order valence-corrected chi connectivity index (χ2v) is 2.93. The molecule has 0 aliphatic heterocycles. The Labute approximate surface area is 82.3 Å². The summed E-state index contributed by atoms with van der Waals surface area (Å²) < 4.78 is 0. The Morgan fingerprint density at radius 2 is 1.92 bits per heavy atom. The lowest BCUT2D eigenvalue weighted by molar-refractivity contribution is -0.305. The van der Waals surface area contributed by atoms with Gasteiger partial charge in [0.2, 0.25) is 5.91 Å². The molecule has 0 atom stereocenters. The monoisotopic (exact) mass is 206 g/mol. The molecule has 1 N–H and O–H groups in total. The van der Waals surface area contributed by atoms with E-state index in [1.165, 1.54) is 0 Å². The molecule has 0 fully saturated rings. The zero-order valence-electron chi connectivity index (χ0n) is 7.35. The summed E-state index contributed by atoms with van der Waals surface area (Å²) in [5, 5.41) is 12.6. The molecule has 1 amide bonds. The van der Waals surface area contributed by atoms with Crippen molar-refractivity contribution in [3.05, 3.63) is 0 Å². The molecule has 0 bridgehead atoms. The number of alkyl halides is 1. The third-order valence-corrected chi connectivity index (χ3v) is 1.74. The van der Waals surface area contributed by atoms with E-state index in [-0.39, 0.29) is 18.2 Å². The van der Waals surface area contributed by atoms with Crippen LogP contribution in [0, 0.1) is 0 Å². The summed E-state index contributed by atoms with van der Waals surface area (Å²) in [5.74, 6) is -1.25. The molecule has 0 spiro atoms. The van der Waals surface area contributed by atoms with Crippen molar-refractivity contribution in [3.63, 3.8) is 0 Å². The smallest absolute Gasteiger partial charge is 0.234 e. The number of carboxylic acid groups (broad SMARTS) is 1. The van der Waals surface area contributed by atoms with Crippen molar-refractivity contribution in [1.82, 2.24) is 5.32 Å². The first-order valence-corrected chi connectivity index (χ1v) is 4.72. The molecule has 0 aromatic carbocycles. The normalized spacial score (nSPS) is 9.62. The Morgan fingerprint density at radius 1 is 1.23 bits per heavy atom. The van der Waals surface area contributed by atoms with E-state index in [1.807, 2.05) is 0 Å². The van der Waals surface area contributed by atoms with Gasteiger partial charge in [-0.2, -0.15) is 0 Å². The standard InChI is InChI=1S/C8H14ClNO3/c9-6-7(11)10-5-3-1-2-4-8(12)13/h1-6H2,(H,10,11)(H,12,13)/p-1. The van der Waals surface area contributed by atoms with E-state index in [0.717, 1.165) is 12.8 Å². The fourth-order valence-corrected chi connectivity index (χ4v) is 0.941. The predicted octanol–water partition coefficient (Wildman–Crippen LogP) is -0.348. The Bertz CT molecular complexity index is 173. The van der Waals surface area contributed by atoms with Gasteiger partial charge in [0.05, 0.1) is 0 Å². The average molecular weight is 207 g/mol. The number of unbranched alkanes of at least 4 members (excludes halogenated alkanes) is 2. The first-order valence-electron chi connectivity index (χ1n) is 4.19. The Kier molecular flexibility index (Phi) is 7.39. The van der Waals surface area contributed by atoms with Gasteiger partial charge in [-0.15, -0.1) is 11.6 Å². The highest BCUT2D eigenvalue weighted by Crippen LogP contribution is 1.97. The van der Waals surface area contributed by atoms with Crippen LogP contribution in [-0.2, 0) is 9.59 Å². The van der Waals surface area contributed by atoms with E-state index in [2.05, 4.69) is 5.32 Å². The van der Waals surface area contributed by atoms with Gasteiger partial charge in [-0.1, -0.05) is 6.42 Å². The molecular formula is C8H13ClNO3-. The number of carboxylic acids is 1. The first-order chi connectivity index (χ1) is 6.16. The van der Waals surface area contributed by atoms with Gasteiger partial charge in [-0.05, 0) is 19.3 Å². The molecule has 0 saturated heterocycles. The third kappa shape index (κ3) is 9.14. The molecule has 0 radical (unpaired) electrons. The van der Waals surface area contributed by atoms with Gasteiger partial charge in [-0.3, -0.25) is 4.79 Å². The molecule has 0 aromatic heterocycles. The third-order valence-electron chi connectivity index (χ3n) is 1.50. The molecule has 0 heterocycles. The molecule has 0 aliphatic carbocycles. The Morgan fingerprint density at radius 3 is 2.46 bits per heavy atom. The predicted molar refractivity (Wildman–Crippen MR) is 47.2 cm³/mol. The number of hydrogen-bond donors (Lipinski definition) is 1. The van der Waals surface area contributed by atoms with Crippen molar-refractivity contribution in [2.75, 3.05) is 12.4 Å². The summed E-state index contributed by atoms with van der Waals surface area (Å²) in [4.78, 5) is 20.6. The van der Waals surface area contributed by atoms with Crippen LogP contribution in [0.25, 0.3) is 0 Å². The minimum Gasteiger partial charge on any atom is -0.550 e. The van der Waals surface area contributed by atoms with E-state index >= 15 is 0 Å². The minimum atomic E-state index is -1.02. The average Bonchev–Trinajstić information content (AvgIpc) is 2.10. The lowest BCUT2D eigenvalue weighted by Gasteiger charge is -2.03. The summed E-state index contributed by atoms with van der Waals surface area (Å²) in [7, 11) is 0. The van der Waals surface area contributed by atoms with Crippen molar-refractivity contribution < 1.29 is 14.7 Å². The van der Waals surface area contributed by atoms with Crippen LogP contribution in [0.2, 0.25) is 0 Å².